The second-order valence-corrected chi connectivity index (χ2v) is 5.74. The van der Waals surface area contributed by atoms with Crippen LogP contribution in [-0.2, 0) is 0 Å². The van der Waals surface area contributed by atoms with Crippen molar-refractivity contribution >= 4 is 17.5 Å². The SMILES string of the molecule is COc1ccccc1-c1ccc(N2C(=O)c3ccccc3C2=O)cc1. The van der Waals surface area contributed by atoms with Crippen LogP contribution >= 0.6 is 0 Å². The number of hydrogen-bond acceptors (Lipinski definition) is 3. The lowest BCUT2D eigenvalue weighted by Crippen LogP contribution is -2.29. The molecule has 1 aliphatic rings. The molecule has 0 saturated heterocycles. The molecule has 0 fully saturated rings. The number of anilines is 1. The van der Waals surface area contributed by atoms with E-state index in [1.54, 1.807) is 43.5 Å². The van der Waals surface area contributed by atoms with Crippen molar-refractivity contribution in [3.05, 3.63) is 83.9 Å². The quantitative estimate of drug-likeness (QED) is 0.678. The fourth-order valence-electron chi connectivity index (χ4n) is 3.10. The van der Waals surface area contributed by atoms with Gasteiger partial charge in [0, 0.05) is 5.56 Å². The fraction of sp³-hybridized carbons (Fsp3) is 0.0476. The second-order valence-electron chi connectivity index (χ2n) is 5.74. The van der Waals surface area contributed by atoms with Gasteiger partial charge in [-0.25, -0.2) is 4.90 Å². The summed E-state index contributed by atoms with van der Waals surface area (Å²) < 4.78 is 5.39. The largest absolute Gasteiger partial charge is 0.496 e. The van der Waals surface area contributed by atoms with Gasteiger partial charge in [-0.1, -0.05) is 42.5 Å². The molecule has 122 valence electrons. The highest BCUT2D eigenvalue weighted by Gasteiger charge is 2.36. The molecule has 0 aromatic heterocycles. The maximum atomic E-state index is 12.5. The number of benzene rings is 3. The zero-order valence-electron chi connectivity index (χ0n) is 13.6. The molecule has 0 bridgehead atoms. The maximum absolute atomic E-state index is 12.5. The van der Waals surface area contributed by atoms with Crippen LogP contribution in [0.4, 0.5) is 5.69 Å². The third kappa shape index (κ3) is 2.39. The molecular formula is C21H15NO3. The van der Waals surface area contributed by atoms with E-state index in [1.807, 2.05) is 36.4 Å². The molecule has 0 unspecified atom stereocenters. The smallest absolute Gasteiger partial charge is 0.266 e. The average molecular weight is 329 g/mol. The first kappa shape index (κ1) is 15.1. The van der Waals surface area contributed by atoms with Gasteiger partial charge < -0.3 is 4.74 Å². The molecule has 0 radical (unpaired) electrons. The van der Waals surface area contributed by atoms with E-state index in [2.05, 4.69) is 0 Å². The number of carbonyl (C=O) groups excluding carboxylic acids is 2. The minimum absolute atomic E-state index is 0.286. The van der Waals surface area contributed by atoms with E-state index in [0.717, 1.165) is 16.9 Å². The highest BCUT2D eigenvalue weighted by atomic mass is 16.5. The summed E-state index contributed by atoms with van der Waals surface area (Å²) in [6.07, 6.45) is 0. The van der Waals surface area contributed by atoms with Gasteiger partial charge in [-0.3, -0.25) is 9.59 Å². The van der Waals surface area contributed by atoms with Crippen LogP contribution in [-0.4, -0.2) is 18.9 Å². The molecule has 3 aromatic carbocycles. The Balaban J connectivity index is 1.70. The van der Waals surface area contributed by atoms with Crippen molar-refractivity contribution < 1.29 is 14.3 Å². The summed E-state index contributed by atoms with van der Waals surface area (Å²) >= 11 is 0. The maximum Gasteiger partial charge on any atom is 0.266 e. The molecule has 0 spiro atoms. The van der Waals surface area contributed by atoms with Crippen LogP contribution in [0.3, 0.4) is 0 Å². The van der Waals surface area contributed by atoms with Crippen LogP contribution in [0.25, 0.3) is 11.1 Å². The second kappa shape index (κ2) is 5.91. The molecule has 4 nitrogen and oxygen atoms in total. The number of hydrogen-bond donors (Lipinski definition) is 0. The van der Waals surface area contributed by atoms with Crippen LogP contribution in [0.15, 0.2) is 72.8 Å². The predicted octanol–water partition coefficient (Wildman–Crippen LogP) is 4.16. The summed E-state index contributed by atoms with van der Waals surface area (Å²) in [7, 11) is 1.63. The summed E-state index contributed by atoms with van der Waals surface area (Å²) in [5.74, 6) is 0.201. The van der Waals surface area contributed by atoms with Crippen LogP contribution in [0.1, 0.15) is 20.7 Å². The van der Waals surface area contributed by atoms with Crippen LogP contribution in [0.5, 0.6) is 5.75 Å². The van der Waals surface area contributed by atoms with Crippen molar-refractivity contribution in [1.29, 1.82) is 0 Å². The standard InChI is InChI=1S/C21H15NO3/c1-25-19-9-5-4-6-16(19)14-10-12-15(13-11-14)22-20(23)17-7-2-3-8-18(17)21(22)24/h2-13H,1H3. The van der Waals surface area contributed by atoms with E-state index in [1.165, 1.54) is 4.90 Å². The molecular weight excluding hydrogens is 314 g/mol. The number of nitrogens with zero attached hydrogens (tertiary/aromatic N) is 1. The number of ether oxygens (including phenoxy) is 1. The van der Waals surface area contributed by atoms with Gasteiger partial charge in [-0.2, -0.15) is 0 Å². The van der Waals surface area contributed by atoms with Crippen molar-refractivity contribution in [1.82, 2.24) is 0 Å². The van der Waals surface area contributed by atoms with Gasteiger partial charge in [0.15, 0.2) is 0 Å². The lowest BCUT2D eigenvalue weighted by Gasteiger charge is -2.15. The van der Waals surface area contributed by atoms with Gasteiger partial charge >= 0.3 is 0 Å². The predicted molar refractivity (Wildman–Crippen MR) is 96.0 cm³/mol. The van der Waals surface area contributed by atoms with Crippen molar-refractivity contribution in [2.75, 3.05) is 12.0 Å². The first-order valence-corrected chi connectivity index (χ1v) is 7.92. The number of amides is 2. The summed E-state index contributed by atoms with van der Waals surface area (Å²) in [5, 5.41) is 0. The van der Waals surface area contributed by atoms with Gasteiger partial charge in [0.05, 0.1) is 23.9 Å². The molecule has 0 aliphatic carbocycles. The first-order valence-electron chi connectivity index (χ1n) is 7.92. The van der Waals surface area contributed by atoms with Crippen LogP contribution < -0.4 is 9.64 Å². The van der Waals surface area contributed by atoms with Crippen molar-refractivity contribution in [3.8, 4) is 16.9 Å². The topological polar surface area (TPSA) is 46.6 Å². The molecule has 1 aliphatic heterocycles. The third-order valence-electron chi connectivity index (χ3n) is 4.34. The number of imide groups is 1. The molecule has 0 atom stereocenters. The fourth-order valence-corrected chi connectivity index (χ4v) is 3.10. The minimum Gasteiger partial charge on any atom is -0.496 e. The summed E-state index contributed by atoms with van der Waals surface area (Å²) in [6.45, 7) is 0. The Bertz CT molecular complexity index is 941. The van der Waals surface area contributed by atoms with Crippen molar-refractivity contribution in [2.24, 2.45) is 0 Å². The monoisotopic (exact) mass is 329 g/mol. The first-order chi connectivity index (χ1) is 12.2. The van der Waals surface area contributed by atoms with Gasteiger partial charge in [-0.05, 0) is 35.9 Å². The van der Waals surface area contributed by atoms with E-state index in [0.29, 0.717) is 16.8 Å². The highest BCUT2D eigenvalue weighted by Crippen LogP contribution is 2.33. The Kier molecular flexibility index (Phi) is 3.58. The third-order valence-corrected chi connectivity index (χ3v) is 4.34. The normalized spacial score (nSPS) is 13.1. The molecule has 1 heterocycles. The highest BCUT2D eigenvalue weighted by molar-refractivity contribution is 6.34. The number of carbonyl (C=O) groups is 2. The molecule has 0 saturated carbocycles. The molecule has 25 heavy (non-hydrogen) atoms. The van der Waals surface area contributed by atoms with Crippen molar-refractivity contribution in [2.45, 2.75) is 0 Å². The van der Waals surface area contributed by atoms with Gasteiger partial charge in [-0.15, -0.1) is 0 Å². The Hall–Kier alpha value is -3.40. The lowest BCUT2D eigenvalue weighted by atomic mass is 10.0. The molecule has 0 N–H and O–H groups in total. The van der Waals surface area contributed by atoms with E-state index in [9.17, 15) is 9.59 Å². The van der Waals surface area contributed by atoms with E-state index >= 15 is 0 Å². The van der Waals surface area contributed by atoms with Gasteiger partial charge in [0.25, 0.3) is 11.8 Å². The van der Waals surface area contributed by atoms with Gasteiger partial charge in [0.2, 0.25) is 0 Å². The molecule has 3 aromatic rings. The van der Waals surface area contributed by atoms with Crippen LogP contribution in [0.2, 0.25) is 0 Å². The Morgan fingerprint density at radius 2 is 1.20 bits per heavy atom. The molecule has 4 heteroatoms. The Morgan fingerprint density at radius 3 is 1.76 bits per heavy atom. The minimum atomic E-state index is -0.286. The Morgan fingerprint density at radius 1 is 0.680 bits per heavy atom. The molecule has 4 rings (SSSR count). The lowest BCUT2D eigenvalue weighted by molar-refractivity contribution is 0.0926. The Labute approximate surface area is 145 Å². The number of fused-ring (bicyclic) bond motifs is 1. The summed E-state index contributed by atoms with van der Waals surface area (Å²) in [6, 6.07) is 21.9. The summed E-state index contributed by atoms with van der Waals surface area (Å²) in [5.41, 5.74) is 3.36. The van der Waals surface area contributed by atoms with E-state index in [4.69, 9.17) is 4.74 Å². The average Bonchev–Trinajstić information content (AvgIpc) is 2.93. The van der Waals surface area contributed by atoms with Gasteiger partial charge in [0.1, 0.15) is 5.75 Å². The zero-order chi connectivity index (χ0) is 17.4. The van der Waals surface area contributed by atoms with E-state index < -0.39 is 0 Å². The number of para-hydroxylation sites is 1. The van der Waals surface area contributed by atoms with Crippen LogP contribution in [0, 0.1) is 0 Å². The van der Waals surface area contributed by atoms with Crippen molar-refractivity contribution in [3.63, 3.8) is 0 Å². The molecule has 2 amide bonds. The van der Waals surface area contributed by atoms with E-state index in [-0.39, 0.29) is 11.8 Å². The number of methoxy groups -OCH3 is 1. The zero-order valence-corrected chi connectivity index (χ0v) is 13.6. The number of rotatable bonds is 3. The summed E-state index contributed by atoms with van der Waals surface area (Å²) in [4.78, 5) is 26.3.